The van der Waals surface area contributed by atoms with Crippen molar-refractivity contribution in [2.45, 2.75) is 45.2 Å². The number of hydrogen-bond donors (Lipinski definition) is 2. The molecule has 0 aliphatic carbocycles. The number of carboxylic acids is 1. The van der Waals surface area contributed by atoms with Gasteiger partial charge in [-0.25, -0.2) is 0 Å². The van der Waals surface area contributed by atoms with Gasteiger partial charge in [-0.3, -0.25) is 9.69 Å². The summed E-state index contributed by atoms with van der Waals surface area (Å²) in [7, 11) is 0. The third kappa shape index (κ3) is 2.92. The molecule has 1 fully saturated rings. The Kier molecular flexibility index (Phi) is 4.54. The van der Waals surface area contributed by atoms with Crippen LogP contribution in [0.15, 0.2) is 0 Å². The third-order valence-corrected chi connectivity index (χ3v) is 3.58. The van der Waals surface area contributed by atoms with Gasteiger partial charge in [-0.1, -0.05) is 13.3 Å². The zero-order chi connectivity index (χ0) is 11.4. The summed E-state index contributed by atoms with van der Waals surface area (Å²) >= 11 is 0. The molecule has 0 amide bonds. The Hall–Kier alpha value is -0.610. The minimum Gasteiger partial charge on any atom is -0.481 e. The van der Waals surface area contributed by atoms with Gasteiger partial charge < -0.3 is 10.8 Å². The average molecular weight is 214 g/mol. The van der Waals surface area contributed by atoms with Crippen molar-refractivity contribution >= 4 is 5.97 Å². The molecule has 0 saturated carbocycles. The second-order valence-electron chi connectivity index (χ2n) is 4.49. The molecule has 1 aliphatic rings. The molecule has 0 bridgehead atoms. The lowest BCUT2D eigenvalue weighted by Crippen LogP contribution is -2.51. The quantitative estimate of drug-likeness (QED) is 0.730. The Balaban J connectivity index is 2.62. The summed E-state index contributed by atoms with van der Waals surface area (Å²) < 4.78 is 0. The molecule has 1 rings (SSSR count). The predicted molar refractivity (Wildman–Crippen MR) is 59.7 cm³/mol. The Bertz CT molecular complexity index is 221. The lowest BCUT2D eigenvalue weighted by Gasteiger charge is -2.40. The van der Waals surface area contributed by atoms with E-state index < -0.39 is 5.97 Å². The highest BCUT2D eigenvalue weighted by Gasteiger charge is 2.31. The van der Waals surface area contributed by atoms with E-state index in [-0.39, 0.29) is 12.0 Å². The Morgan fingerprint density at radius 3 is 2.73 bits per heavy atom. The van der Waals surface area contributed by atoms with E-state index in [4.69, 9.17) is 10.8 Å². The lowest BCUT2D eigenvalue weighted by molar-refractivity contribution is -0.143. The highest BCUT2D eigenvalue weighted by molar-refractivity contribution is 5.70. The van der Waals surface area contributed by atoms with Crippen LogP contribution in [0.2, 0.25) is 0 Å². The summed E-state index contributed by atoms with van der Waals surface area (Å²) in [6.45, 7) is 5.39. The number of rotatable bonds is 4. The first kappa shape index (κ1) is 12.5. The normalized spacial score (nSPS) is 27.3. The van der Waals surface area contributed by atoms with Gasteiger partial charge in [0.2, 0.25) is 0 Å². The first-order chi connectivity index (χ1) is 7.07. The van der Waals surface area contributed by atoms with Crippen LogP contribution in [0, 0.1) is 5.92 Å². The van der Waals surface area contributed by atoms with Crippen LogP contribution in [0.5, 0.6) is 0 Å². The summed E-state index contributed by atoms with van der Waals surface area (Å²) in [4.78, 5) is 13.2. The maximum atomic E-state index is 10.9. The summed E-state index contributed by atoms with van der Waals surface area (Å²) in [5.74, 6) is -1.04. The van der Waals surface area contributed by atoms with Gasteiger partial charge in [0, 0.05) is 18.6 Å². The van der Waals surface area contributed by atoms with Crippen molar-refractivity contribution in [2.24, 2.45) is 11.7 Å². The predicted octanol–water partition coefficient (Wildman–Crippen LogP) is 0.909. The van der Waals surface area contributed by atoms with Crippen molar-refractivity contribution in [3.8, 4) is 0 Å². The third-order valence-electron chi connectivity index (χ3n) is 3.58. The van der Waals surface area contributed by atoms with E-state index in [2.05, 4.69) is 4.90 Å². The number of carboxylic acid groups (broad SMARTS) is 1. The summed E-state index contributed by atoms with van der Waals surface area (Å²) in [6, 6.07) is 0.451. The smallest absolute Gasteiger partial charge is 0.307 e. The maximum absolute atomic E-state index is 10.9. The molecule has 0 radical (unpaired) electrons. The molecule has 3 N–H and O–H groups in total. The van der Waals surface area contributed by atoms with Gasteiger partial charge in [0.15, 0.2) is 0 Å². The Morgan fingerprint density at radius 1 is 1.53 bits per heavy atom. The number of likely N-dealkylation sites (tertiary alicyclic amines) is 1. The molecule has 1 aliphatic heterocycles. The maximum Gasteiger partial charge on any atom is 0.307 e. The zero-order valence-electron chi connectivity index (χ0n) is 9.65. The van der Waals surface area contributed by atoms with Crippen LogP contribution in [-0.2, 0) is 4.79 Å². The van der Waals surface area contributed by atoms with Crippen LogP contribution in [0.1, 0.15) is 33.1 Å². The van der Waals surface area contributed by atoms with Gasteiger partial charge in [-0.05, 0) is 26.3 Å². The number of aliphatic carboxylic acids is 1. The second kappa shape index (κ2) is 5.47. The number of hydrogen-bond acceptors (Lipinski definition) is 3. The molecule has 88 valence electrons. The van der Waals surface area contributed by atoms with Crippen LogP contribution in [0.3, 0.4) is 0 Å². The van der Waals surface area contributed by atoms with Crippen molar-refractivity contribution in [1.82, 2.24) is 4.90 Å². The minimum atomic E-state index is -0.719. The fourth-order valence-corrected chi connectivity index (χ4v) is 2.31. The van der Waals surface area contributed by atoms with E-state index in [1.165, 1.54) is 6.42 Å². The van der Waals surface area contributed by atoms with Gasteiger partial charge in [0.25, 0.3) is 0 Å². The van der Waals surface area contributed by atoms with E-state index in [1.54, 1.807) is 6.92 Å². The topological polar surface area (TPSA) is 66.6 Å². The van der Waals surface area contributed by atoms with Crippen LogP contribution in [0.25, 0.3) is 0 Å². The molecule has 15 heavy (non-hydrogen) atoms. The Morgan fingerprint density at radius 2 is 2.20 bits per heavy atom. The number of nitrogens with zero attached hydrogens (tertiary/aromatic N) is 1. The Labute approximate surface area is 91.4 Å². The summed E-state index contributed by atoms with van der Waals surface area (Å²) in [5, 5.41) is 8.98. The van der Waals surface area contributed by atoms with Crippen molar-refractivity contribution in [1.29, 1.82) is 0 Å². The van der Waals surface area contributed by atoms with Crippen molar-refractivity contribution in [2.75, 3.05) is 13.1 Å². The largest absolute Gasteiger partial charge is 0.481 e. The molecular formula is C11H22N2O2. The minimum absolute atomic E-state index is 0.0800. The number of nitrogens with two attached hydrogens (primary N) is 1. The molecule has 4 nitrogen and oxygen atoms in total. The monoisotopic (exact) mass is 214 g/mol. The van der Waals surface area contributed by atoms with Gasteiger partial charge in [0.05, 0.1) is 5.92 Å². The van der Waals surface area contributed by atoms with Gasteiger partial charge in [0.1, 0.15) is 0 Å². The first-order valence-electron chi connectivity index (χ1n) is 5.76. The fraction of sp³-hybridized carbons (Fsp3) is 0.909. The van der Waals surface area contributed by atoms with Gasteiger partial charge in [-0.2, -0.15) is 0 Å². The van der Waals surface area contributed by atoms with Crippen LogP contribution in [-0.4, -0.2) is 41.1 Å². The van der Waals surface area contributed by atoms with E-state index in [0.29, 0.717) is 12.6 Å². The molecule has 0 aromatic heterocycles. The second-order valence-corrected chi connectivity index (χ2v) is 4.49. The molecule has 3 unspecified atom stereocenters. The van der Waals surface area contributed by atoms with Crippen LogP contribution >= 0.6 is 0 Å². The number of carbonyl (C=O) groups is 1. The van der Waals surface area contributed by atoms with E-state index in [1.807, 2.05) is 6.92 Å². The van der Waals surface area contributed by atoms with Crippen molar-refractivity contribution in [3.63, 3.8) is 0 Å². The van der Waals surface area contributed by atoms with Crippen LogP contribution < -0.4 is 5.73 Å². The molecule has 4 heteroatoms. The summed E-state index contributed by atoms with van der Waals surface area (Å²) in [6.07, 6.45) is 3.48. The van der Waals surface area contributed by atoms with E-state index in [9.17, 15) is 4.79 Å². The molecule has 1 heterocycles. The molecule has 0 spiro atoms. The van der Waals surface area contributed by atoms with E-state index in [0.717, 1.165) is 19.4 Å². The van der Waals surface area contributed by atoms with E-state index >= 15 is 0 Å². The average Bonchev–Trinajstić information content (AvgIpc) is 2.26. The molecule has 0 aromatic carbocycles. The molecule has 3 atom stereocenters. The van der Waals surface area contributed by atoms with Gasteiger partial charge >= 0.3 is 5.97 Å². The van der Waals surface area contributed by atoms with Crippen molar-refractivity contribution in [3.05, 3.63) is 0 Å². The standard InChI is InChI=1S/C11H22N2O2/c1-8(11(14)15)9(2)13-6-4-3-5-10(13)7-12/h8-10H,3-7,12H2,1-2H3,(H,14,15). The molecule has 1 saturated heterocycles. The zero-order valence-corrected chi connectivity index (χ0v) is 9.65. The van der Waals surface area contributed by atoms with Gasteiger partial charge in [-0.15, -0.1) is 0 Å². The van der Waals surface area contributed by atoms with Crippen LogP contribution in [0.4, 0.5) is 0 Å². The highest BCUT2D eigenvalue weighted by atomic mass is 16.4. The number of piperidine rings is 1. The molecular weight excluding hydrogens is 192 g/mol. The SMILES string of the molecule is CC(C(=O)O)C(C)N1CCCCC1CN. The fourth-order valence-electron chi connectivity index (χ4n) is 2.31. The lowest BCUT2D eigenvalue weighted by atomic mass is 9.95. The first-order valence-corrected chi connectivity index (χ1v) is 5.76. The van der Waals surface area contributed by atoms with Crippen molar-refractivity contribution < 1.29 is 9.90 Å². The summed E-state index contributed by atoms with van der Waals surface area (Å²) in [5.41, 5.74) is 5.72. The molecule has 0 aromatic rings. The highest BCUT2D eigenvalue weighted by Crippen LogP contribution is 2.22.